The van der Waals surface area contributed by atoms with Gasteiger partial charge in [-0.3, -0.25) is 14.6 Å². The van der Waals surface area contributed by atoms with E-state index in [-0.39, 0.29) is 11.9 Å². The van der Waals surface area contributed by atoms with Gasteiger partial charge in [0.2, 0.25) is 5.91 Å². The van der Waals surface area contributed by atoms with Gasteiger partial charge < -0.3 is 10.0 Å². The maximum absolute atomic E-state index is 14.2. The molecule has 0 aromatic heterocycles. The summed E-state index contributed by atoms with van der Waals surface area (Å²) in [5.41, 5.74) is 3.12. The van der Waals surface area contributed by atoms with E-state index in [1.165, 1.54) is 12.0 Å². The molecule has 3 saturated heterocycles. The molecular weight excluding hydrogens is 486 g/mol. The fraction of sp³-hybridized carbons (Fsp3) is 0.394. The van der Waals surface area contributed by atoms with Gasteiger partial charge in [0.25, 0.3) is 0 Å². The monoisotopic (exact) mass is 523 g/mol. The molecule has 3 aromatic carbocycles. The third-order valence-electron chi connectivity index (χ3n) is 8.98. The molecule has 3 aromatic rings. The van der Waals surface area contributed by atoms with Gasteiger partial charge in [-0.15, -0.1) is 0 Å². The molecule has 3 aliphatic rings. The Morgan fingerprint density at radius 2 is 1.44 bits per heavy atom. The van der Waals surface area contributed by atoms with Gasteiger partial charge in [0, 0.05) is 38.3 Å². The van der Waals surface area contributed by atoms with Crippen molar-refractivity contribution < 1.29 is 14.7 Å². The lowest BCUT2D eigenvalue weighted by atomic mass is 9.90. The maximum atomic E-state index is 14.2. The minimum absolute atomic E-state index is 0.0618. The molecule has 0 radical (unpaired) electrons. The molecule has 3 fully saturated rings. The Balaban J connectivity index is 1.23. The van der Waals surface area contributed by atoms with Crippen molar-refractivity contribution in [1.29, 1.82) is 0 Å². The normalized spacial score (nSPS) is 25.6. The Hall–Kier alpha value is -3.48. The fourth-order valence-corrected chi connectivity index (χ4v) is 7.19. The van der Waals surface area contributed by atoms with Crippen molar-refractivity contribution in [2.75, 3.05) is 26.2 Å². The first kappa shape index (κ1) is 25.8. The summed E-state index contributed by atoms with van der Waals surface area (Å²) in [5.74, 6) is -0.948. The number of likely N-dealkylation sites (tertiary alicyclic amines) is 3. The topological polar surface area (TPSA) is 64.1 Å². The lowest BCUT2D eigenvalue weighted by Gasteiger charge is -2.41. The lowest BCUT2D eigenvalue weighted by molar-refractivity contribution is -0.148. The summed E-state index contributed by atoms with van der Waals surface area (Å²) in [6.07, 6.45) is 2.83. The van der Waals surface area contributed by atoms with E-state index in [0.29, 0.717) is 24.9 Å². The number of piperidine rings is 1. The average molecular weight is 524 g/mol. The second-order valence-electron chi connectivity index (χ2n) is 11.4. The van der Waals surface area contributed by atoms with Crippen LogP contribution in [0, 0.1) is 5.92 Å². The molecule has 1 N–H and O–H groups in total. The number of nitrogens with zero attached hydrogens (tertiary/aromatic N) is 3. The van der Waals surface area contributed by atoms with Crippen LogP contribution in [0.25, 0.3) is 0 Å². The van der Waals surface area contributed by atoms with E-state index < -0.39 is 17.9 Å². The average Bonchev–Trinajstić information content (AvgIpc) is 3.59. The zero-order valence-electron chi connectivity index (χ0n) is 22.3. The third kappa shape index (κ3) is 5.36. The van der Waals surface area contributed by atoms with E-state index in [9.17, 15) is 14.7 Å². The Morgan fingerprint density at radius 1 is 0.821 bits per heavy atom. The summed E-state index contributed by atoms with van der Waals surface area (Å²) in [7, 11) is 0. The molecule has 6 nitrogen and oxygen atoms in total. The SMILES string of the molecule is O=C(O)[C@@H]1C[C@H](N2CCC[C@@H]3CN(Cc4ccccc4)C[C@@H]32)CN1C(=O)C(c1ccccc1)c1ccccc1. The number of fused-ring (bicyclic) bond motifs is 1. The van der Waals surface area contributed by atoms with Crippen molar-refractivity contribution in [2.45, 2.75) is 49.9 Å². The number of benzene rings is 3. The molecule has 6 rings (SSSR count). The van der Waals surface area contributed by atoms with Crippen molar-refractivity contribution in [1.82, 2.24) is 14.7 Å². The first-order valence-electron chi connectivity index (χ1n) is 14.2. The Bertz CT molecular complexity index is 1230. The molecular formula is C33H37N3O3. The van der Waals surface area contributed by atoms with Gasteiger partial charge in [-0.2, -0.15) is 0 Å². The third-order valence-corrected chi connectivity index (χ3v) is 8.98. The van der Waals surface area contributed by atoms with E-state index >= 15 is 0 Å². The van der Waals surface area contributed by atoms with E-state index in [4.69, 9.17) is 0 Å². The molecule has 202 valence electrons. The van der Waals surface area contributed by atoms with Gasteiger partial charge >= 0.3 is 5.97 Å². The van der Waals surface area contributed by atoms with Crippen LogP contribution >= 0.6 is 0 Å². The highest BCUT2D eigenvalue weighted by atomic mass is 16.4. The number of hydrogen-bond acceptors (Lipinski definition) is 4. The van der Waals surface area contributed by atoms with Crippen molar-refractivity contribution in [3.05, 3.63) is 108 Å². The van der Waals surface area contributed by atoms with Gasteiger partial charge in [-0.1, -0.05) is 91.0 Å². The fourth-order valence-electron chi connectivity index (χ4n) is 7.19. The first-order valence-corrected chi connectivity index (χ1v) is 14.2. The predicted octanol–water partition coefficient (Wildman–Crippen LogP) is 4.47. The number of carbonyl (C=O) groups excluding carboxylic acids is 1. The second-order valence-corrected chi connectivity index (χ2v) is 11.4. The predicted molar refractivity (Wildman–Crippen MR) is 151 cm³/mol. The Morgan fingerprint density at radius 3 is 2.05 bits per heavy atom. The van der Waals surface area contributed by atoms with Crippen LogP contribution in [0.2, 0.25) is 0 Å². The van der Waals surface area contributed by atoms with Crippen LogP contribution in [-0.4, -0.2) is 76.0 Å². The summed E-state index contributed by atoms with van der Waals surface area (Å²) in [5, 5.41) is 10.2. The maximum Gasteiger partial charge on any atom is 0.326 e. The van der Waals surface area contributed by atoms with E-state index in [1.54, 1.807) is 4.90 Å². The highest BCUT2D eigenvalue weighted by Crippen LogP contribution is 2.37. The number of carbonyl (C=O) groups is 2. The molecule has 0 spiro atoms. The summed E-state index contributed by atoms with van der Waals surface area (Å²) < 4.78 is 0. The number of carboxylic acids is 1. The highest BCUT2D eigenvalue weighted by Gasteiger charge is 2.48. The van der Waals surface area contributed by atoms with E-state index in [0.717, 1.165) is 43.7 Å². The van der Waals surface area contributed by atoms with Crippen molar-refractivity contribution >= 4 is 11.9 Å². The second kappa shape index (κ2) is 11.3. The van der Waals surface area contributed by atoms with Crippen LogP contribution in [0.5, 0.6) is 0 Å². The highest BCUT2D eigenvalue weighted by molar-refractivity contribution is 5.91. The van der Waals surface area contributed by atoms with Crippen molar-refractivity contribution in [3.8, 4) is 0 Å². The quantitative estimate of drug-likeness (QED) is 0.495. The summed E-state index contributed by atoms with van der Waals surface area (Å²) >= 11 is 0. The number of rotatable bonds is 7. The molecule has 3 heterocycles. The largest absolute Gasteiger partial charge is 0.480 e. The van der Waals surface area contributed by atoms with Crippen molar-refractivity contribution in [3.63, 3.8) is 0 Å². The minimum atomic E-state index is -0.906. The van der Waals surface area contributed by atoms with Crippen LogP contribution < -0.4 is 0 Å². The Labute approximate surface area is 230 Å². The molecule has 0 aliphatic carbocycles. The number of hydrogen-bond donors (Lipinski definition) is 1. The molecule has 3 aliphatic heterocycles. The van der Waals surface area contributed by atoms with Crippen LogP contribution in [0.4, 0.5) is 0 Å². The van der Waals surface area contributed by atoms with Gasteiger partial charge in [0.15, 0.2) is 0 Å². The zero-order valence-corrected chi connectivity index (χ0v) is 22.3. The zero-order chi connectivity index (χ0) is 26.8. The summed E-state index contributed by atoms with van der Waals surface area (Å²) in [6, 6.07) is 29.8. The molecule has 4 atom stereocenters. The van der Waals surface area contributed by atoms with Crippen LogP contribution in [0.3, 0.4) is 0 Å². The minimum Gasteiger partial charge on any atom is -0.480 e. The molecule has 0 bridgehead atoms. The molecule has 0 saturated carbocycles. The number of aliphatic carboxylic acids is 1. The summed E-state index contributed by atoms with van der Waals surface area (Å²) in [6.45, 7) is 4.47. The van der Waals surface area contributed by atoms with Crippen LogP contribution in [-0.2, 0) is 16.1 Å². The van der Waals surface area contributed by atoms with Crippen LogP contribution in [0.15, 0.2) is 91.0 Å². The molecule has 0 unspecified atom stereocenters. The molecule has 39 heavy (non-hydrogen) atoms. The molecule has 1 amide bonds. The number of amides is 1. The van der Waals surface area contributed by atoms with Crippen LogP contribution in [0.1, 0.15) is 41.9 Å². The molecule has 6 heteroatoms. The lowest BCUT2D eigenvalue weighted by Crippen LogP contribution is -2.51. The van der Waals surface area contributed by atoms with Gasteiger partial charge in [-0.25, -0.2) is 4.79 Å². The van der Waals surface area contributed by atoms with E-state index in [1.807, 2.05) is 60.7 Å². The van der Waals surface area contributed by atoms with Gasteiger partial charge in [0.05, 0.1) is 5.92 Å². The standard InChI is InChI=1S/C33H37N3O3/c37-32(31(25-13-6-2-7-14-25)26-15-8-3-9-16-26)36-22-28(19-29(36)33(38)39)35-18-10-17-27-21-34(23-30(27)35)20-24-11-4-1-5-12-24/h1-9,11-16,27-31H,10,17-23H2,(H,38,39)/t27-,28+,29+,30+/m1/s1. The Kier molecular flexibility index (Phi) is 7.49. The van der Waals surface area contributed by atoms with E-state index in [2.05, 4.69) is 40.1 Å². The smallest absolute Gasteiger partial charge is 0.326 e. The summed E-state index contributed by atoms with van der Waals surface area (Å²) in [4.78, 5) is 33.5. The number of carboxylic acid groups (broad SMARTS) is 1. The van der Waals surface area contributed by atoms with Crippen molar-refractivity contribution in [2.24, 2.45) is 5.92 Å². The van der Waals surface area contributed by atoms with Gasteiger partial charge in [0.1, 0.15) is 6.04 Å². The van der Waals surface area contributed by atoms with Gasteiger partial charge in [-0.05, 0) is 48.4 Å². The first-order chi connectivity index (χ1) is 19.1.